The van der Waals surface area contributed by atoms with Crippen molar-refractivity contribution >= 4 is 47.2 Å². The van der Waals surface area contributed by atoms with Gasteiger partial charge in [-0.05, 0) is 37.6 Å². The quantitative estimate of drug-likeness (QED) is 0.879. The molecule has 1 aliphatic rings. The molecule has 0 spiro atoms. The predicted molar refractivity (Wildman–Crippen MR) is 77.9 cm³/mol. The van der Waals surface area contributed by atoms with Gasteiger partial charge in [0.1, 0.15) is 0 Å². The SMILES string of the molecule is Cl.O=C(Nc1ccc(Cl)c(Cl)c1)C1CCCNC1. The smallest absolute Gasteiger partial charge is 0.228 e. The number of carbonyl (C=O) groups is 1. The summed E-state index contributed by atoms with van der Waals surface area (Å²) in [5.41, 5.74) is 0.690. The zero-order chi connectivity index (χ0) is 12.3. The van der Waals surface area contributed by atoms with Gasteiger partial charge in [0, 0.05) is 12.2 Å². The maximum Gasteiger partial charge on any atom is 0.228 e. The summed E-state index contributed by atoms with van der Waals surface area (Å²) in [4.78, 5) is 11.9. The van der Waals surface area contributed by atoms with Gasteiger partial charge in [0.05, 0.1) is 16.0 Å². The molecule has 2 rings (SSSR count). The fourth-order valence-electron chi connectivity index (χ4n) is 1.89. The second kappa shape index (κ2) is 7.19. The number of amides is 1. The Morgan fingerprint density at radius 2 is 2.11 bits per heavy atom. The van der Waals surface area contributed by atoms with E-state index in [1.807, 2.05) is 0 Å². The molecule has 1 atom stereocenters. The first-order valence-electron chi connectivity index (χ1n) is 5.63. The van der Waals surface area contributed by atoms with Gasteiger partial charge in [-0.3, -0.25) is 4.79 Å². The van der Waals surface area contributed by atoms with Gasteiger partial charge in [0.2, 0.25) is 5.91 Å². The Balaban J connectivity index is 0.00000162. The Kier molecular flexibility index (Phi) is 6.22. The summed E-state index contributed by atoms with van der Waals surface area (Å²) in [6.07, 6.45) is 1.97. The van der Waals surface area contributed by atoms with Crippen molar-refractivity contribution in [3.8, 4) is 0 Å². The van der Waals surface area contributed by atoms with Crippen LogP contribution in [0.15, 0.2) is 18.2 Å². The molecular weight excluding hydrogens is 295 g/mol. The van der Waals surface area contributed by atoms with E-state index in [1.165, 1.54) is 0 Å². The molecule has 2 N–H and O–H groups in total. The van der Waals surface area contributed by atoms with Crippen LogP contribution < -0.4 is 10.6 Å². The van der Waals surface area contributed by atoms with Gasteiger partial charge in [0.25, 0.3) is 0 Å². The maximum absolute atomic E-state index is 11.9. The number of halogens is 3. The van der Waals surface area contributed by atoms with Crippen molar-refractivity contribution in [1.29, 1.82) is 0 Å². The monoisotopic (exact) mass is 308 g/mol. The molecule has 0 aromatic heterocycles. The van der Waals surface area contributed by atoms with Crippen molar-refractivity contribution < 1.29 is 4.79 Å². The third-order valence-electron chi connectivity index (χ3n) is 2.85. The van der Waals surface area contributed by atoms with Gasteiger partial charge in [-0.15, -0.1) is 12.4 Å². The molecule has 1 unspecified atom stereocenters. The topological polar surface area (TPSA) is 41.1 Å². The zero-order valence-corrected chi connectivity index (χ0v) is 12.0. The van der Waals surface area contributed by atoms with Crippen LogP contribution >= 0.6 is 35.6 Å². The number of nitrogens with one attached hydrogen (secondary N) is 2. The molecule has 1 aromatic carbocycles. The van der Waals surface area contributed by atoms with Crippen LogP contribution in [0.3, 0.4) is 0 Å². The van der Waals surface area contributed by atoms with Crippen LogP contribution in [0.4, 0.5) is 5.69 Å². The van der Waals surface area contributed by atoms with Gasteiger partial charge < -0.3 is 10.6 Å². The van der Waals surface area contributed by atoms with Gasteiger partial charge in [0.15, 0.2) is 0 Å². The Bertz CT molecular complexity index is 420. The minimum Gasteiger partial charge on any atom is -0.326 e. The van der Waals surface area contributed by atoms with E-state index in [1.54, 1.807) is 18.2 Å². The summed E-state index contributed by atoms with van der Waals surface area (Å²) >= 11 is 11.7. The average Bonchev–Trinajstić information content (AvgIpc) is 2.35. The fourth-order valence-corrected chi connectivity index (χ4v) is 2.19. The maximum atomic E-state index is 11.9. The predicted octanol–water partition coefficient (Wildman–Crippen LogP) is 3.35. The largest absolute Gasteiger partial charge is 0.326 e. The second-order valence-electron chi connectivity index (χ2n) is 4.16. The normalized spacial score (nSPS) is 18.9. The molecule has 0 bridgehead atoms. The number of hydrogen-bond donors (Lipinski definition) is 2. The van der Waals surface area contributed by atoms with Crippen molar-refractivity contribution in [2.45, 2.75) is 12.8 Å². The first kappa shape index (κ1) is 15.6. The molecule has 1 heterocycles. The first-order valence-corrected chi connectivity index (χ1v) is 6.39. The van der Waals surface area contributed by atoms with Gasteiger partial charge in [-0.2, -0.15) is 0 Å². The first-order chi connectivity index (χ1) is 8.16. The lowest BCUT2D eigenvalue weighted by atomic mass is 9.99. The third-order valence-corrected chi connectivity index (χ3v) is 3.59. The van der Waals surface area contributed by atoms with Crippen LogP contribution in [0.2, 0.25) is 10.0 Å². The highest BCUT2D eigenvalue weighted by Gasteiger charge is 2.20. The average molecular weight is 310 g/mol. The van der Waals surface area contributed by atoms with E-state index in [-0.39, 0.29) is 24.2 Å². The molecule has 1 aliphatic heterocycles. The lowest BCUT2D eigenvalue weighted by Crippen LogP contribution is -2.37. The lowest BCUT2D eigenvalue weighted by molar-refractivity contribution is -0.120. The third kappa shape index (κ3) is 4.02. The summed E-state index contributed by atoms with van der Waals surface area (Å²) in [7, 11) is 0. The van der Waals surface area contributed by atoms with Crippen molar-refractivity contribution in [3.05, 3.63) is 28.2 Å². The minimum absolute atomic E-state index is 0. The van der Waals surface area contributed by atoms with Crippen LogP contribution in [0.5, 0.6) is 0 Å². The minimum atomic E-state index is 0. The molecule has 0 aliphatic carbocycles. The Labute approximate surface area is 123 Å². The van der Waals surface area contributed by atoms with Crippen molar-refractivity contribution in [3.63, 3.8) is 0 Å². The number of rotatable bonds is 2. The second-order valence-corrected chi connectivity index (χ2v) is 4.98. The summed E-state index contributed by atoms with van der Waals surface area (Å²) in [6.45, 7) is 1.74. The van der Waals surface area contributed by atoms with E-state index in [2.05, 4.69) is 10.6 Å². The van der Waals surface area contributed by atoms with Crippen LogP contribution in [-0.4, -0.2) is 19.0 Å². The van der Waals surface area contributed by atoms with E-state index >= 15 is 0 Å². The van der Waals surface area contributed by atoms with Crippen LogP contribution in [0.25, 0.3) is 0 Å². The van der Waals surface area contributed by atoms with Crippen molar-refractivity contribution in [1.82, 2.24) is 5.32 Å². The molecule has 1 amide bonds. The highest BCUT2D eigenvalue weighted by Crippen LogP contribution is 2.25. The van der Waals surface area contributed by atoms with E-state index in [0.29, 0.717) is 15.7 Å². The van der Waals surface area contributed by atoms with Crippen molar-refractivity contribution in [2.75, 3.05) is 18.4 Å². The van der Waals surface area contributed by atoms with Gasteiger partial charge in [-0.1, -0.05) is 23.2 Å². The summed E-state index contributed by atoms with van der Waals surface area (Å²) in [5.74, 6) is 0.0776. The molecule has 1 aromatic rings. The molecule has 6 heteroatoms. The molecule has 100 valence electrons. The van der Waals surface area contributed by atoms with Crippen LogP contribution in [-0.2, 0) is 4.79 Å². The Morgan fingerprint density at radius 1 is 1.33 bits per heavy atom. The highest BCUT2D eigenvalue weighted by molar-refractivity contribution is 6.42. The van der Waals surface area contributed by atoms with E-state index in [0.717, 1.165) is 25.9 Å². The lowest BCUT2D eigenvalue weighted by Gasteiger charge is -2.21. The number of carbonyl (C=O) groups excluding carboxylic acids is 1. The van der Waals surface area contributed by atoms with E-state index in [9.17, 15) is 4.79 Å². The molecular formula is C12H15Cl3N2O. The molecule has 3 nitrogen and oxygen atoms in total. The fraction of sp³-hybridized carbons (Fsp3) is 0.417. The van der Waals surface area contributed by atoms with Crippen LogP contribution in [0.1, 0.15) is 12.8 Å². The summed E-state index contributed by atoms with van der Waals surface area (Å²) < 4.78 is 0. The number of anilines is 1. The molecule has 0 radical (unpaired) electrons. The standard InChI is InChI=1S/C12H14Cl2N2O.ClH/c13-10-4-3-9(6-11(10)14)16-12(17)8-2-1-5-15-7-8;/h3-4,6,8,15H,1-2,5,7H2,(H,16,17);1H. The van der Waals surface area contributed by atoms with E-state index < -0.39 is 0 Å². The molecule has 18 heavy (non-hydrogen) atoms. The zero-order valence-electron chi connectivity index (χ0n) is 9.71. The number of hydrogen-bond acceptors (Lipinski definition) is 2. The summed E-state index contributed by atoms with van der Waals surface area (Å²) in [6, 6.07) is 5.10. The highest BCUT2D eigenvalue weighted by atomic mass is 35.5. The molecule has 0 saturated carbocycles. The number of benzene rings is 1. The molecule has 1 saturated heterocycles. The number of piperidine rings is 1. The Hall–Kier alpha value is -0.480. The van der Waals surface area contributed by atoms with Crippen molar-refractivity contribution in [2.24, 2.45) is 5.92 Å². The van der Waals surface area contributed by atoms with Crippen LogP contribution in [0, 0.1) is 5.92 Å². The van der Waals surface area contributed by atoms with Gasteiger partial charge >= 0.3 is 0 Å². The van der Waals surface area contributed by atoms with E-state index in [4.69, 9.17) is 23.2 Å². The Morgan fingerprint density at radius 3 is 2.72 bits per heavy atom. The molecule has 1 fully saturated rings. The van der Waals surface area contributed by atoms with Gasteiger partial charge in [-0.25, -0.2) is 0 Å². The summed E-state index contributed by atoms with van der Waals surface area (Å²) in [5, 5.41) is 7.01.